The molecule has 7 heteroatoms. The second-order valence-corrected chi connectivity index (χ2v) is 10.8. The van der Waals surface area contributed by atoms with Crippen molar-refractivity contribution in [3.8, 4) is 0 Å². The van der Waals surface area contributed by atoms with E-state index in [4.69, 9.17) is 16.3 Å². The monoisotopic (exact) mass is 261 g/mol. The normalized spacial score (nSPS) is 11.8. The number of aromatic nitrogens is 2. The number of hydrogen-bond acceptors (Lipinski definition) is 4. The van der Waals surface area contributed by atoms with Gasteiger partial charge < -0.3 is 4.74 Å². The average Bonchev–Trinajstić information content (AvgIpc) is 2.52. The minimum absolute atomic E-state index is 0.115. The molecule has 0 aliphatic heterocycles. The van der Waals surface area contributed by atoms with Crippen LogP contribution in [0, 0.1) is 4.91 Å². The van der Waals surface area contributed by atoms with Crippen LogP contribution in [0.3, 0.4) is 0 Å². The molecule has 0 saturated carbocycles. The highest BCUT2D eigenvalue weighted by molar-refractivity contribution is 6.76. The molecule has 16 heavy (non-hydrogen) atoms. The van der Waals surface area contributed by atoms with Gasteiger partial charge in [-0.25, -0.2) is 4.68 Å². The highest BCUT2D eigenvalue weighted by atomic mass is 35.5. The van der Waals surface area contributed by atoms with Crippen molar-refractivity contribution in [3.05, 3.63) is 16.3 Å². The summed E-state index contributed by atoms with van der Waals surface area (Å²) >= 11 is 5.66. The van der Waals surface area contributed by atoms with Crippen LogP contribution in [0.4, 0.5) is 5.69 Å². The summed E-state index contributed by atoms with van der Waals surface area (Å²) in [6.07, 6.45) is 1.48. The van der Waals surface area contributed by atoms with Crippen LogP contribution in [0.15, 0.2) is 11.4 Å². The first-order valence-corrected chi connectivity index (χ1v) is 9.15. The quantitative estimate of drug-likeness (QED) is 0.449. The fourth-order valence-corrected chi connectivity index (χ4v) is 1.99. The van der Waals surface area contributed by atoms with Crippen molar-refractivity contribution in [1.82, 2.24) is 9.78 Å². The van der Waals surface area contributed by atoms with E-state index >= 15 is 0 Å². The van der Waals surface area contributed by atoms with Crippen LogP contribution in [0.5, 0.6) is 0 Å². The first kappa shape index (κ1) is 13.3. The number of rotatable bonds is 6. The third-order valence-corrected chi connectivity index (χ3v) is 3.99. The Morgan fingerprint density at radius 3 is 2.75 bits per heavy atom. The Hall–Kier alpha value is -0.723. The Kier molecular flexibility index (Phi) is 4.64. The smallest absolute Gasteiger partial charge is 0.180 e. The SMILES string of the molecule is C[Si](C)(C)CCOCn1cc(N=O)c(Cl)n1. The van der Waals surface area contributed by atoms with Crippen LogP contribution in [-0.4, -0.2) is 24.5 Å². The molecule has 0 saturated heterocycles. The Bertz CT molecular complexity index is 362. The minimum atomic E-state index is -1.06. The second-order valence-electron chi connectivity index (χ2n) is 4.78. The van der Waals surface area contributed by atoms with E-state index in [0.717, 1.165) is 6.04 Å². The third-order valence-electron chi connectivity index (χ3n) is 2.02. The van der Waals surface area contributed by atoms with Gasteiger partial charge >= 0.3 is 0 Å². The van der Waals surface area contributed by atoms with E-state index in [0.29, 0.717) is 13.3 Å². The summed E-state index contributed by atoms with van der Waals surface area (Å²) in [6, 6.07) is 1.10. The molecule has 0 atom stereocenters. The molecule has 0 aliphatic carbocycles. The lowest BCUT2D eigenvalue weighted by Crippen LogP contribution is -2.22. The van der Waals surface area contributed by atoms with Crippen molar-refractivity contribution >= 4 is 25.4 Å². The van der Waals surface area contributed by atoms with Crippen LogP contribution in [0.2, 0.25) is 30.8 Å². The number of nitrogens with zero attached hydrogens (tertiary/aromatic N) is 3. The lowest BCUT2D eigenvalue weighted by atomic mass is 10.6. The minimum Gasteiger partial charge on any atom is -0.360 e. The van der Waals surface area contributed by atoms with E-state index in [-0.39, 0.29) is 10.8 Å². The Balaban J connectivity index is 2.35. The van der Waals surface area contributed by atoms with E-state index in [1.54, 1.807) is 0 Å². The molecule has 0 spiro atoms. The summed E-state index contributed by atoms with van der Waals surface area (Å²) in [5.41, 5.74) is 0.149. The lowest BCUT2D eigenvalue weighted by Gasteiger charge is -2.15. The molecular weight excluding hydrogens is 246 g/mol. The van der Waals surface area contributed by atoms with Crippen LogP contribution >= 0.6 is 11.6 Å². The van der Waals surface area contributed by atoms with Gasteiger partial charge in [0, 0.05) is 14.7 Å². The number of halogens is 1. The molecule has 1 rings (SSSR count). The van der Waals surface area contributed by atoms with Gasteiger partial charge in [-0.2, -0.15) is 5.10 Å². The molecule has 0 N–H and O–H groups in total. The zero-order valence-electron chi connectivity index (χ0n) is 9.73. The predicted octanol–water partition coefficient (Wildman–Crippen LogP) is 3.25. The molecule has 0 aliphatic rings. The molecule has 0 amide bonds. The van der Waals surface area contributed by atoms with Crippen LogP contribution in [-0.2, 0) is 11.5 Å². The van der Waals surface area contributed by atoms with Gasteiger partial charge in [-0.3, -0.25) is 0 Å². The largest absolute Gasteiger partial charge is 0.360 e. The van der Waals surface area contributed by atoms with Gasteiger partial charge in [-0.15, -0.1) is 4.91 Å². The molecule has 0 fully saturated rings. The van der Waals surface area contributed by atoms with Gasteiger partial charge in [-0.05, 0) is 11.2 Å². The molecule has 0 bridgehead atoms. The molecule has 90 valence electrons. The zero-order chi connectivity index (χ0) is 12.2. The topological polar surface area (TPSA) is 56.5 Å². The van der Waals surface area contributed by atoms with Crippen LogP contribution in [0.25, 0.3) is 0 Å². The summed E-state index contributed by atoms with van der Waals surface area (Å²) in [6.45, 7) is 7.87. The molecule has 0 radical (unpaired) electrons. The van der Waals surface area contributed by atoms with E-state index in [1.807, 2.05) is 0 Å². The number of ether oxygens (including phenoxy) is 1. The summed E-state index contributed by atoms with van der Waals surface area (Å²) in [7, 11) is -1.06. The van der Waals surface area contributed by atoms with Gasteiger partial charge in [0.25, 0.3) is 0 Å². The highest BCUT2D eigenvalue weighted by Gasteiger charge is 2.12. The fourth-order valence-electron chi connectivity index (χ4n) is 1.05. The van der Waals surface area contributed by atoms with Gasteiger partial charge in [0.05, 0.1) is 6.20 Å². The van der Waals surface area contributed by atoms with Crippen molar-refractivity contribution in [3.63, 3.8) is 0 Å². The first-order chi connectivity index (χ1) is 7.42. The van der Waals surface area contributed by atoms with Gasteiger partial charge in [-0.1, -0.05) is 31.2 Å². The van der Waals surface area contributed by atoms with Crippen LogP contribution < -0.4 is 0 Å². The van der Waals surface area contributed by atoms with E-state index in [2.05, 4.69) is 29.9 Å². The molecule has 1 aromatic rings. The van der Waals surface area contributed by atoms with E-state index < -0.39 is 8.07 Å². The van der Waals surface area contributed by atoms with Crippen molar-refractivity contribution in [2.24, 2.45) is 5.18 Å². The van der Waals surface area contributed by atoms with Gasteiger partial charge in [0.15, 0.2) is 10.8 Å². The molecule has 5 nitrogen and oxygen atoms in total. The molecule has 0 unspecified atom stereocenters. The standard InChI is InChI=1S/C9H16ClN3O2Si/c1-16(2,3)5-4-15-7-13-6-8(12-14)9(10)11-13/h6H,4-5,7H2,1-3H3. The fraction of sp³-hybridized carbons (Fsp3) is 0.667. The van der Waals surface area contributed by atoms with Crippen molar-refractivity contribution in [2.75, 3.05) is 6.61 Å². The van der Waals surface area contributed by atoms with Crippen molar-refractivity contribution in [2.45, 2.75) is 32.4 Å². The Labute approximate surface area is 101 Å². The van der Waals surface area contributed by atoms with Crippen molar-refractivity contribution in [1.29, 1.82) is 0 Å². The van der Waals surface area contributed by atoms with E-state index in [1.165, 1.54) is 10.9 Å². The summed E-state index contributed by atoms with van der Waals surface area (Å²) < 4.78 is 6.92. The summed E-state index contributed by atoms with van der Waals surface area (Å²) in [5, 5.41) is 6.75. The number of nitroso groups, excluding NO2 is 1. The Morgan fingerprint density at radius 1 is 1.56 bits per heavy atom. The number of hydrogen-bond donors (Lipinski definition) is 0. The first-order valence-electron chi connectivity index (χ1n) is 5.06. The Morgan fingerprint density at radius 2 is 2.25 bits per heavy atom. The maximum absolute atomic E-state index is 10.3. The van der Waals surface area contributed by atoms with Crippen molar-refractivity contribution < 1.29 is 4.74 Å². The molecule has 0 aromatic carbocycles. The molecule has 1 aromatic heterocycles. The molecular formula is C9H16ClN3O2Si. The van der Waals surface area contributed by atoms with Crippen LogP contribution in [0.1, 0.15) is 0 Å². The summed E-state index contributed by atoms with van der Waals surface area (Å²) in [5.74, 6) is 0. The highest BCUT2D eigenvalue weighted by Crippen LogP contribution is 2.21. The third kappa shape index (κ3) is 4.42. The summed E-state index contributed by atoms with van der Waals surface area (Å²) in [4.78, 5) is 10.3. The zero-order valence-corrected chi connectivity index (χ0v) is 11.5. The maximum atomic E-state index is 10.3. The lowest BCUT2D eigenvalue weighted by molar-refractivity contribution is 0.0786. The molecule has 1 heterocycles. The average molecular weight is 262 g/mol. The van der Waals surface area contributed by atoms with Gasteiger partial charge in [0.1, 0.15) is 6.73 Å². The maximum Gasteiger partial charge on any atom is 0.180 e. The predicted molar refractivity (Wildman–Crippen MR) is 66.8 cm³/mol. The van der Waals surface area contributed by atoms with Gasteiger partial charge in [0.2, 0.25) is 0 Å². The second kappa shape index (κ2) is 5.56. The van der Waals surface area contributed by atoms with E-state index in [9.17, 15) is 4.91 Å².